The van der Waals surface area contributed by atoms with Crippen molar-refractivity contribution in [1.29, 1.82) is 0 Å². The van der Waals surface area contributed by atoms with Gasteiger partial charge < -0.3 is 5.32 Å². The molecule has 1 N–H and O–H groups in total. The van der Waals surface area contributed by atoms with Crippen LogP contribution < -0.4 is 10.2 Å². The summed E-state index contributed by atoms with van der Waals surface area (Å²) in [6.07, 6.45) is 5.61. The minimum atomic E-state index is -0.939. The Kier molecular flexibility index (Phi) is 6.97. The van der Waals surface area contributed by atoms with Crippen LogP contribution in [0, 0.1) is 6.92 Å². The molecular weight excluding hydrogens is 440 g/mol. The number of carbonyl (C=O) groups is 3. The van der Waals surface area contributed by atoms with Gasteiger partial charge in [0.15, 0.2) is 0 Å². The predicted octanol–water partition coefficient (Wildman–Crippen LogP) is 5.75. The molecule has 186 valence electrons. The van der Waals surface area contributed by atoms with Gasteiger partial charge in [-0.05, 0) is 54.9 Å². The van der Waals surface area contributed by atoms with Crippen LogP contribution >= 0.6 is 0 Å². The maximum absolute atomic E-state index is 13.7. The van der Waals surface area contributed by atoms with Crippen molar-refractivity contribution in [2.45, 2.75) is 84.1 Å². The lowest BCUT2D eigenvalue weighted by molar-refractivity contribution is -0.134. The summed E-state index contributed by atoms with van der Waals surface area (Å²) in [4.78, 5) is 47.7. The van der Waals surface area contributed by atoms with Gasteiger partial charge in [-0.2, -0.15) is 0 Å². The zero-order chi connectivity index (χ0) is 25.3. The SMILES string of the molecule is Cc1ccc(N2C(=O)N(CC(=O)Nc3c(C(C)C)cccc3C(C)C)C(=O)C23CCCCC3)cn1. The molecule has 1 saturated carbocycles. The highest BCUT2D eigenvalue weighted by atomic mass is 16.2. The summed E-state index contributed by atoms with van der Waals surface area (Å²) in [5.74, 6) is -0.209. The van der Waals surface area contributed by atoms with E-state index in [1.54, 1.807) is 11.1 Å². The molecule has 4 amide bonds. The number of carbonyl (C=O) groups excluding carboxylic acids is 3. The van der Waals surface area contributed by atoms with E-state index in [-0.39, 0.29) is 30.2 Å². The number of urea groups is 1. The molecule has 7 heteroatoms. The smallest absolute Gasteiger partial charge is 0.324 e. The number of anilines is 2. The van der Waals surface area contributed by atoms with E-state index in [2.05, 4.69) is 38.0 Å². The first kappa shape index (κ1) is 24.9. The summed E-state index contributed by atoms with van der Waals surface area (Å²) < 4.78 is 0. The lowest BCUT2D eigenvalue weighted by Crippen LogP contribution is -2.51. The van der Waals surface area contributed by atoms with Gasteiger partial charge in [-0.25, -0.2) is 4.79 Å². The van der Waals surface area contributed by atoms with E-state index in [1.165, 1.54) is 0 Å². The molecule has 2 aromatic rings. The third-order valence-corrected chi connectivity index (χ3v) is 7.27. The minimum Gasteiger partial charge on any atom is -0.324 e. The fourth-order valence-corrected chi connectivity index (χ4v) is 5.42. The minimum absolute atomic E-state index is 0.217. The van der Waals surface area contributed by atoms with E-state index < -0.39 is 11.6 Å². The third kappa shape index (κ3) is 4.56. The van der Waals surface area contributed by atoms with Crippen LogP contribution in [-0.4, -0.2) is 39.8 Å². The molecule has 0 radical (unpaired) electrons. The standard InChI is InChI=1S/C28H36N4O3/c1-18(2)22-10-9-11-23(19(3)4)25(22)30-24(33)17-31-26(34)28(14-7-6-8-15-28)32(27(31)35)21-13-12-20(5)29-16-21/h9-13,16,18-19H,6-8,14-15,17H2,1-5H3,(H,30,33). The number of benzene rings is 1. The maximum Gasteiger partial charge on any atom is 0.332 e. The first-order chi connectivity index (χ1) is 16.7. The number of nitrogens with zero attached hydrogens (tertiary/aromatic N) is 3. The zero-order valence-electron chi connectivity index (χ0n) is 21.4. The van der Waals surface area contributed by atoms with E-state index in [1.807, 2.05) is 37.3 Å². The highest BCUT2D eigenvalue weighted by molar-refractivity contribution is 6.18. The Labute approximate surface area is 207 Å². The molecule has 2 heterocycles. The van der Waals surface area contributed by atoms with Crippen molar-refractivity contribution in [2.75, 3.05) is 16.8 Å². The Hall–Kier alpha value is -3.22. The van der Waals surface area contributed by atoms with Crippen molar-refractivity contribution in [3.05, 3.63) is 53.3 Å². The topological polar surface area (TPSA) is 82.6 Å². The molecule has 1 aliphatic carbocycles. The second kappa shape index (κ2) is 9.80. The quantitative estimate of drug-likeness (QED) is 0.539. The third-order valence-electron chi connectivity index (χ3n) is 7.27. The number of aryl methyl sites for hydroxylation is 1. The lowest BCUT2D eigenvalue weighted by Gasteiger charge is -2.38. The van der Waals surface area contributed by atoms with Gasteiger partial charge in [0.05, 0.1) is 11.9 Å². The van der Waals surface area contributed by atoms with Crippen molar-refractivity contribution in [3.8, 4) is 0 Å². The Balaban J connectivity index is 1.64. The number of amides is 4. The number of hydrogen-bond donors (Lipinski definition) is 1. The van der Waals surface area contributed by atoms with E-state index >= 15 is 0 Å². The van der Waals surface area contributed by atoms with Crippen molar-refractivity contribution in [3.63, 3.8) is 0 Å². The number of aromatic nitrogens is 1. The van der Waals surface area contributed by atoms with Crippen LogP contribution in [0.4, 0.5) is 16.2 Å². The summed E-state index contributed by atoms with van der Waals surface area (Å²) in [6, 6.07) is 9.27. The van der Waals surface area contributed by atoms with Crippen molar-refractivity contribution < 1.29 is 14.4 Å². The summed E-state index contributed by atoms with van der Waals surface area (Å²) in [5, 5.41) is 3.05. The zero-order valence-corrected chi connectivity index (χ0v) is 21.4. The molecule has 1 spiro atoms. The van der Waals surface area contributed by atoms with Crippen molar-refractivity contribution in [2.24, 2.45) is 0 Å². The first-order valence-electron chi connectivity index (χ1n) is 12.7. The van der Waals surface area contributed by atoms with Gasteiger partial charge in [0, 0.05) is 11.4 Å². The molecule has 2 fully saturated rings. The second-order valence-electron chi connectivity index (χ2n) is 10.4. The molecule has 2 aliphatic rings. The average molecular weight is 477 g/mol. The second-order valence-corrected chi connectivity index (χ2v) is 10.4. The molecule has 1 aromatic carbocycles. The van der Waals surface area contributed by atoms with Crippen LogP contribution in [0.1, 0.15) is 88.5 Å². The molecule has 1 aromatic heterocycles. The monoisotopic (exact) mass is 476 g/mol. The summed E-state index contributed by atoms with van der Waals surface area (Å²) >= 11 is 0. The molecular formula is C28H36N4O3. The molecule has 0 atom stereocenters. The van der Waals surface area contributed by atoms with Crippen molar-refractivity contribution >= 4 is 29.2 Å². The van der Waals surface area contributed by atoms with Gasteiger partial charge >= 0.3 is 6.03 Å². The van der Waals surface area contributed by atoms with E-state index in [9.17, 15) is 14.4 Å². The van der Waals surface area contributed by atoms with Crippen LogP contribution in [0.2, 0.25) is 0 Å². The Morgan fingerprint density at radius 2 is 1.63 bits per heavy atom. The fraction of sp³-hybridized carbons (Fsp3) is 0.500. The van der Waals surface area contributed by atoms with Crippen LogP contribution in [0.15, 0.2) is 36.5 Å². The Morgan fingerprint density at radius 1 is 1.00 bits per heavy atom. The highest BCUT2D eigenvalue weighted by Gasteiger charge is 2.58. The molecule has 0 bridgehead atoms. The number of rotatable bonds is 6. The van der Waals surface area contributed by atoms with Crippen LogP contribution in [0.3, 0.4) is 0 Å². The molecule has 4 rings (SSSR count). The fourth-order valence-electron chi connectivity index (χ4n) is 5.42. The van der Waals surface area contributed by atoms with E-state index in [4.69, 9.17) is 0 Å². The molecule has 0 unspecified atom stereocenters. The lowest BCUT2D eigenvalue weighted by atomic mass is 9.80. The number of para-hydroxylation sites is 1. The summed E-state index contributed by atoms with van der Waals surface area (Å²) in [5.41, 5.74) is 3.37. The molecule has 7 nitrogen and oxygen atoms in total. The van der Waals surface area contributed by atoms with Gasteiger partial charge in [0.25, 0.3) is 5.91 Å². The van der Waals surface area contributed by atoms with Crippen molar-refractivity contribution in [1.82, 2.24) is 9.88 Å². The van der Waals surface area contributed by atoms with E-state index in [0.717, 1.165) is 46.7 Å². The molecule has 1 aliphatic heterocycles. The largest absolute Gasteiger partial charge is 0.332 e. The molecule has 1 saturated heterocycles. The Morgan fingerprint density at radius 3 is 2.17 bits per heavy atom. The Bertz CT molecular complexity index is 1090. The summed E-state index contributed by atoms with van der Waals surface area (Å²) in [6.45, 7) is 9.92. The predicted molar refractivity (Wildman–Crippen MR) is 138 cm³/mol. The van der Waals surface area contributed by atoms with Crippen LogP contribution in [0.5, 0.6) is 0 Å². The van der Waals surface area contributed by atoms with Gasteiger partial charge in [-0.3, -0.25) is 24.4 Å². The van der Waals surface area contributed by atoms with Crippen LogP contribution in [0.25, 0.3) is 0 Å². The molecule has 35 heavy (non-hydrogen) atoms. The first-order valence-corrected chi connectivity index (χ1v) is 12.7. The van der Waals surface area contributed by atoms with Gasteiger partial charge in [0.1, 0.15) is 12.1 Å². The maximum atomic E-state index is 13.7. The van der Waals surface area contributed by atoms with Crippen LogP contribution in [-0.2, 0) is 9.59 Å². The normalized spacial score (nSPS) is 17.7. The van der Waals surface area contributed by atoms with Gasteiger partial charge in [-0.1, -0.05) is 65.2 Å². The number of imide groups is 1. The summed E-state index contributed by atoms with van der Waals surface area (Å²) in [7, 11) is 0. The average Bonchev–Trinajstić information content (AvgIpc) is 3.01. The number of pyridine rings is 1. The van der Waals surface area contributed by atoms with E-state index in [0.29, 0.717) is 18.5 Å². The van der Waals surface area contributed by atoms with Gasteiger partial charge in [0.2, 0.25) is 5.91 Å². The number of nitrogens with one attached hydrogen (secondary N) is 1. The van der Waals surface area contributed by atoms with Gasteiger partial charge in [-0.15, -0.1) is 0 Å². The highest BCUT2D eigenvalue weighted by Crippen LogP contribution is 2.43. The number of hydrogen-bond acceptors (Lipinski definition) is 4.